The number of rotatable bonds is 5. The highest BCUT2D eigenvalue weighted by Crippen LogP contribution is 2.76. The molecule has 1 heterocycles. The molecule has 0 bridgehead atoms. The smallest absolute Gasteiger partial charge is 0.334 e. The van der Waals surface area contributed by atoms with E-state index >= 15 is 0 Å². The lowest BCUT2D eigenvalue weighted by Gasteiger charge is -2.62. The molecule has 6 aliphatic rings. The van der Waals surface area contributed by atoms with Gasteiger partial charge in [0, 0.05) is 17.9 Å². The predicted octanol–water partition coefficient (Wildman–Crippen LogP) is 5.69. The minimum Gasteiger partial charge on any atom is -0.462 e. The summed E-state index contributed by atoms with van der Waals surface area (Å²) in [7, 11) is 0. The molecule has 6 rings (SSSR count). The van der Waals surface area contributed by atoms with Crippen molar-refractivity contribution in [2.45, 2.75) is 105 Å². The van der Waals surface area contributed by atoms with Crippen LogP contribution in [-0.2, 0) is 19.1 Å². The van der Waals surface area contributed by atoms with E-state index in [1.165, 1.54) is 38.5 Å². The van der Waals surface area contributed by atoms with Crippen molar-refractivity contribution in [1.29, 1.82) is 0 Å². The Balaban J connectivity index is 1.31. The summed E-state index contributed by atoms with van der Waals surface area (Å²) in [4.78, 5) is 24.3. The highest BCUT2D eigenvalue weighted by Gasteiger charge is 2.71. The van der Waals surface area contributed by atoms with E-state index in [1.54, 1.807) is 13.8 Å². The summed E-state index contributed by atoms with van der Waals surface area (Å²) >= 11 is 0. The number of esters is 2. The van der Waals surface area contributed by atoms with Gasteiger partial charge in [-0.1, -0.05) is 33.6 Å². The van der Waals surface area contributed by atoms with Crippen molar-refractivity contribution in [2.24, 2.45) is 58.2 Å². The highest BCUT2D eigenvalue weighted by atomic mass is 16.5. The second kappa shape index (κ2) is 8.58. The number of aliphatic hydroxyl groups excluding tert-OH is 1. The molecule has 12 atom stereocenters. The van der Waals surface area contributed by atoms with E-state index in [-0.39, 0.29) is 29.4 Å². The van der Waals surface area contributed by atoms with Gasteiger partial charge in [0.05, 0.1) is 6.10 Å². The molecule has 36 heavy (non-hydrogen) atoms. The Morgan fingerprint density at radius 2 is 1.89 bits per heavy atom. The van der Waals surface area contributed by atoms with Crippen molar-refractivity contribution in [3.63, 3.8) is 0 Å². The number of hydrogen-bond donors (Lipinski definition) is 1. The molecule has 5 saturated carbocycles. The van der Waals surface area contributed by atoms with Crippen molar-refractivity contribution in [3.8, 4) is 0 Å². The number of hydrogen-bond acceptors (Lipinski definition) is 5. The normalized spacial score (nSPS) is 48.8. The fourth-order valence-corrected chi connectivity index (χ4v) is 10.9. The maximum Gasteiger partial charge on any atom is 0.334 e. The minimum absolute atomic E-state index is 0.0715. The van der Waals surface area contributed by atoms with Crippen LogP contribution in [0.3, 0.4) is 0 Å². The van der Waals surface area contributed by atoms with Crippen LogP contribution in [-0.4, -0.2) is 35.9 Å². The van der Waals surface area contributed by atoms with Crippen LogP contribution >= 0.6 is 0 Å². The molecule has 0 amide bonds. The number of ether oxygens (including phenoxy) is 2. The van der Waals surface area contributed by atoms with Crippen LogP contribution in [0.4, 0.5) is 0 Å². The van der Waals surface area contributed by atoms with E-state index < -0.39 is 6.10 Å². The third-order valence-corrected chi connectivity index (χ3v) is 12.8. The van der Waals surface area contributed by atoms with Crippen molar-refractivity contribution in [1.82, 2.24) is 0 Å². The van der Waals surface area contributed by atoms with Crippen LogP contribution in [0.5, 0.6) is 0 Å². The molecule has 1 aliphatic heterocycles. The fraction of sp³-hybridized carbons (Fsp3) is 0.871. The van der Waals surface area contributed by atoms with E-state index in [0.717, 1.165) is 42.1 Å². The predicted molar refractivity (Wildman–Crippen MR) is 137 cm³/mol. The van der Waals surface area contributed by atoms with E-state index in [4.69, 9.17) is 9.47 Å². The molecule has 0 spiro atoms. The summed E-state index contributed by atoms with van der Waals surface area (Å²) in [6, 6.07) is 0. The topological polar surface area (TPSA) is 72.8 Å². The summed E-state index contributed by atoms with van der Waals surface area (Å²) < 4.78 is 11.5. The van der Waals surface area contributed by atoms with E-state index in [2.05, 4.69) is 20.8 Å². The third-order valence-electron chi connectivity index (χ3n) is 12.8. The fourth-order valence-electron chi connectivity index (χ4n) is 10.9. The van der Waals surface area contributed by atoms with Gasteiger partial charge < -0.3 is 14.6 Å². The SMILES string of the molecule is CC(=O)O[C@H]1CC2[C@H](C3CCC([C@H](C)[C@H](O)CC4=C(C)C(=O)OC4)[C@]31C)[C@@H]1C[C@@H]1C1CCCC[C@]21C. The zero-order valence-electron chi connectivity index (χ0n) is 22.9. The molecule has 4 unspecified atom stereocenters. The van der Waals surface area contributed by atoms with E-state index in [9.17, 15) is 14.7 Å². The Hall–Kier alpha value is -1.36. The number of fused-ring (bicyclic) bond motifs is 8. The largest absolute Gasteiger partial charge is 0.462 e. The standard InChI is InChI=1S/C31H46O5/c1-16-19(15-35-29(16)34)12-26(33)17(2)22-9-10-24-28-21-13-20(21)23-8-6-7-11-30(23,4)25(28)14-27(31(22,24)5)36-18(3)32/h17,20-28,33H,6-15H2,1-5H3/t17-,20-,21+,22?,23?,24?,25?,26+,27-,28-,30-,31+/m0/s1. The Morgan fingerprint density at radius 3 is 2.58 bits per heavy atom. The maximum absolute atomic E-state index is 12.4. The molecule has 5 aliphatic carbocycles. The van der Waals surface area contributed by atoms with Crippen molar-refractivity contribution in [2.75, 3.05) is 6.61 Å². The first kappa shape index (κ1) is 24.9. The average molecular weight is 499 g/mol. The molecular weight excluding hydrogens is 452 g/mol. The summed E-state index contributed by atoms with van der Waals surface area (Å²) in [5.74, 6) is 4.57. The van der Waals surface area contributed by atoms with Gasteiger partial charge in [0.2, 0.25) is 0 Å². The Labute approximate surface area is 216 Å². The van der Waals surface area contributed by atoms with Crippen LogP contribution in [0, 0.1) is 58.2 Å². The van der Waals surface area contributed by atoms with Gasteiger partial charge in [0.25, 0.3) is 0 Å². The van der Waals surface area contributed by atoms with E-state index in [1.807, 2.05) is 0 Å². The molecule has 0 aromatic carbocycles. The molecule has 5 nitrogen and oxygen atoms in total. The third kappa shape index (κ3) is 3.50. The maximum atomic E-state index is 12.4. The summed E-state index contributed by atoms with van der Waals surface area (Å²) in [6.45, 7) is 10.9. The Morgan fingerprint density at radius 1 is 1.11 bits per heavy atom. The number of carbonyl (C=O) groups is 2. The first-order chi connectivity index (χ1) is 17.1. The number of carbonyl (C=O) groups excluding carboxylic acids is 2. The molecule has 0 aromatic rings. The molecule has 0 saturated heterocycles. The average Bonchev–Trinajstić information content (AvgIpc) is 3.45. The lowest BCUT2D eigenvalue weighted by Crippen LogP contribution is -2.60. The first-order valence-electron chi connectivity index (χ1n) is 14.8. The summed E-state index contributed by atoms with van der Waals surface area (Å²) in [5, 5.41) is 11.4. The van der Waals surface area contributed by atoms with Crippen LogP contribution in [0.25, 0.3) is 0 Å². The van der Waals surface area contributed by atoms with Crippen LogP contribution < -0.4 is 0 Å². The van der Waals surface area contributed by atoms with Gasteiger partial charge in [-0.05, 0) is 110 Å². The van der Waals surface area contributed by atoms with Crippen LogP contribution in [0.2, 0.25) is 0 Å². The van der Waals surface area contributed by atoms with Crippen molar-refractivity contribution >= 4 is 11.9 Å². The van der Waals surface area contributed by atoms with Gasteiger partial charge in [-0.3, -0.25) is 4.79 Å². The monoisotopic (exact) mass is 498 g/mol. The van der Waals surface area contributed by atoms with E-state index in [0.29, 0.717) is 41.8 Å². The Kier molecular flexibility index (Phi) is 5.94. The van der Waals surface area contributed by atoms with Gasteiger partial charge >= 0.3 is 11.9 Å². The van der Waals surface area contributed by atoms with Crippen LogP contribution in [0.15, 0.2) is 11.1 Å². The lowest BCUT2D eigenvalue weighted by atomic mass is 9.43. The second-order valence-electron chi connectivity index (χ2n) is 14.0. The Bertz CT molecular complexity index is 970. The van der Waals surface area contributed by atoms with Gasteiger partial charge in [0.1, 0.15) is 12.7 Å². The summed E-state index contributed by atoms with van der Waals surface area (Å²) in [5.41, 5.74) is 1.88. The first-order valence-corrected chi connectivity index (χ1v) is 14.8. The molecule has 0 aromatic heterocycles. The summed E-state index contributed by atoms with van der Waals surface area (Å²) in [6.07, 6.45) is 10.0. The number of cyclic esters (lactones) is 1. The second-order valence-corrected chi connectivity index (χ2v) is 14.0. The van der Waals surface area contributed by atoms with Crippen LogP contribution in [0.1, 0.15) is 92.4 Å². The van der Waals surface area contributed by atoms with Gasteiger partial charge in [0.15, 0.2) is 0 Å². The quantitative estimate of drug-likeness (QED) is 0.493. The molecule has 5 heteroatoms. The lowest BCUT2D eigenvalue weighted by molar-refractivity contribution is -0.197. The van der Waals surface area contributed by atoms with Gasteiger partial charge in [-0.2, -0.15) is 0 Å². The molecule has 5 fully saturated rings. The molecular formula is C31H46O5. The van der Waals surface area contributed by atoms with Crippen molar-refractivity contribution < 1.29 is 24.2 Å². The molecule has 200 valence electrons. The van der Waals surface area contributed by atoms with Gasteiger partial charge in [-0.15, -0.1) is 0 Å². The zero-order chi connectivity index (χ0) is 25.6. The zero-order valence-corrected chi connectivity index (χ0v) is 22.9. The minimum atomic E-state index is -0.527. The number of aliphatic hydroxyl groups is 1. The molecule has 0 radical (unpaired) electrons. The van der Waals surface area contributed by atoms with Crippen molar-refractivity contribution in [3.05, 3.63) is 11.1 Å². The highest BCUT2D eigenvalue weighted by molar-refractivity contribution is 5.91. The molecule has 1 N–H and O–H groups in total. The van der Waals surface area contributed by atoms with Gasteiger partial charge in [-0.25, -0.2) is 4.79 Å².